The summed E-state index contributed by atoms with van der Waals surface area (Å²) in [5.41, 5.74) is 0. The molecule has 0 aromatic heterocycles. The van der Waals surface area contributed by atoms with E-state index >= 15 is 0 Å². The lowest BCUT2D eigenvalue weighted by atomic mass is 9.86. The van der Waals surface area contributed by atoms with Crippen LogP contribution in [0.5, 0.6) is 5.75 Å². The molecule has 0 spiro atoms. The molecule has 19 heavy (non-hydrogen) atoms. The monoisotopic (exact) mass is 281 g/mol. The van der Waals surface area contributed by atoms with E-state index in [4.69, 9.17) is 16.3 Å². The van der Waals surface area contributed by atoms with Crippen molar-refractivity contribution in [3.63, 3.8) is 0 Å². The van der Waals surface area contributed by atoms with Crippen molar-refractivity contribution in [3.05, 3.63) is 30.3 Å². The number of nitrogens with one attached hydrogen (secondary N) is 1. The minimum absolute atomic E-state index is 0.614. The molecule has 2 nitrogen and oxygen atoms in total. The zero-order valence-electron chi connectivity index (χ0n) is 11.5. The van der Waals surface area contributed by atoms with E-state index in [1.165, 1.54) is 25.7 Å². The van der Waals surface area contributed by atoms with E-state index in [0.29, 0.717) is 12.0 Å². The molecule has 1 aromatic carbocycles. The van der Waals surface area contributed by atoms with E-state index in [1.807, 2.05) is 30.3 Å². The van der Waals surface area contributed by atoms with Gasteiger partial charge in [-0.1, -0.05) is 31.0 Å². The van der Waals surface area contributed by atoms with Crippen LogP contribution in [0.25, 0.3) is 0 Å². The largest absolute Gasteiger partial charge is 0.494 e. The third-order valence-electron chi connectivity index (χ3n) is 3.85. The second-order valence-corrected chi connectivity index (χ2v) is 5.58. The van der Waals surface area contributed by atoms with E-state index in [-0.39, 0.29) is 0 Å². The van der Waals surface area contributed by atoms with Gasteiger partial charge in [0.15, 0.2) is 0 Å². The third-order valence-corrected chi connectivity index (χ3v) is 4.24. The number of hydrogen-bond donors (Lipinski definition) is 1. The molecule has 0 amide bonds. The molecule has 0 bridgehead atoms. The van der Waals surface area contributed by atoms with Crippen LogP contribution in [-0.4, -0.2) is 25.1 Å². The highest BCUT2D eigenvalue weighted by molar-refractivity contribution is 6.18. The Morgan fingerprint density at radius 3 is 2.74 bits per heavy atom. The number of halogens is 1. The van der Waals surface area contributed by atoms with Gasteiger partial charge < -0.3 is 10.1 Å². The summed E-state index contributed by atoms with van der Waals surface area (Å²) in [5.74, 6) is 2.40. The lowest BCUT2D eigenvalue weighted by Crippen LogP contribution is -2.40. The van der Waals surface area contributed by atoms with Crippen LogP contribution in [-0.2, 0) is 0 Å². The van der Waals surface area contributed by atoms with E-state index in [9.17, 15) is 0 Å². The number of ether oxygens (including phenoxy) is 1. The smallest absolute Gasteiger partial charge is 0.119 e. The number of para-hydroxylation sites is 1. The molecule has 1 saturated carbocycles. The molecule has 2 atom stereocenters. The summed E-state index contributed by atoms with van der Waals surface area (Å²) < 4.78 is 5.68. The number of alkyl halides is 1. The first kappa shape index (κ1) is 14.7. The minimum Gasteiger partial charge on any atom is -0.494 e. The summed E-state index contributed by atoms with van der Waals surface area (Å²) in [5, 5.41) is 3.64. The van der Waals surface area contributed by atoms with Crippen molar-refractivity contribution >= 4 is 11.6 Å². The Kier molecular flexibility index (Phi) is 6.52. The molecule has 0 saturated heterocycles. The average molecular weight is 282 g/mol. The number of rotatable bonds is 7. The Morgan fingerprint density at radius 2 is 1.95 bits per heavy atom. The van der Waals surface area contributed by atoms with Crippen molar-refractivity contribution < 1.29 is 4.74 Å². The van der Waals surface area contributed by atoms with Gasteiger partial charge in [-0.25, -0.2) is 0 Å². The van der Waals surface area contributed by atoms with Crippen molar-refractivity contribution in [3.8, 4) is 5.75 Å². The van der Waals surface area contributed by atoms with Crippen molar-refractivity contribution in [2.24, 2.45) is 5.92 Å². The summed E-state index contributed by atoms with van der Waals surface area (Å²) in [7, 11) is 0. The molecule has 3 heteroatoms. The molecule has 106 valence electrons. The lowest BCUT2D eigenvalue weighted by molar-refractivity contribution is 0.265. The van der Waals surface area contributed by atoms with Crippen molar-refractivity contribution in [2.45, 2.75) is 38.1 Å². The SMILES string of the molecule is ClCC1CCCCC1NCCCOc1ccccc1. The predicted octanol–water partition coefficient (Wildman–Crippen LogP) is 3.84. The summed E-state index contributed by atoms with van der Waals surface area (Å²) in [6.45, 7) is 1.79. The Labute approximate surface area is 121 Å². The quantitative estimate of drug-likeness (QED) is 0.606. The maximum atomic E-state index is 6.03. The molecule has 1 fully saturated rings. The van der Waals surface area contributed by atoms with Gasteiger partial charge in [0, 0.05) is 11.9 Å². The van der Waals surface area contributed by atoms with Gasteiger partial charge in [0.05, 0.1) is 6.61 Å². The van der Waals surface area contributed by atoms with E-state index in [0.717, 1.165) is 31.2 Å². The van der Waals surface area contributed by atoms with Crippen molar-refractivity contribution in [1.82, 2.24) is 5.32 Å². The molecular weight excluding hydrogens is 258 g/mol. The van der Waals surface area contributed by atoms with Gasteiger partial charge in [-0.2, -0.15) is 0 Å². The molecule has 0 heterocycles. The third kappa shape index (κ3) is 5.04. The standard InChI is InChI=1S/C16H24ClNO/c17-13-14-7-4-5-10-16(14)18-11-6-12-19-15-8-2-1-3-9-15/h1-3,8-9,14,16,18H,4-7,10-13H2. The first-order chi connectivity index (χ1) is 9.40. The van der Waals surface area contributed by atoms with Gasteiger partial charge in [0.25, 0.3) is 0 Å². The fraction of sp³-hybridized carbons (Fsp3) is 0.625. The van der Waals surface area contributed by atoms with Crippen LogP contribution in [0.2, 0.25) is 0 Å². The second kappa shape index (κ2) is 8.44. The Hall–Kier alpha value is -0.730. The van der Waals surface area contributed by atoms with Crippen LogP contribution < -0.4 is 10.1 Å². The first-order valence-corrected chi connectivity index (χ1v) is 7.91. The van der Waals surface area contributed by atoms with Crippen LogP contribution in [0.1, 0.15) is 32.1 Å². The minimum atomic E-state index is 0.614. The molecule has 1 aliphatic carbocycles. The highest BCUT2D eigenvalue weighted by Crippen LogP contribution is 2.25. The summed E-state index contributed by atoms with van der Waals surface area (Å²) in [6, 6.07) is 10.6. The summed E-state index contributed by atoms with van der Waals surface area (Å²) in [6.07, 6.45) is 6.28. The fourth-order valence-electron chi connectivity index (χ4n) is 2.73. The molecular formula is C16H24ClNO. The van der Waals surface area contributed by atoms with Crippen molar-refractivity contribution in [2.75, 3.05) is 19.0 Å². The molecule has 1 N–H and O–H groups in total. The molecule has 1 aromatic rings. The molecule has 2 rings (SSSR count). The van der Waals surface area contributed by atoms with Gasteiger partial charge in [0.2, 0.25) is 0 Å². The Bertz CT molecular complexity index is 344. The van der Waals surface area contributed by atoms with Crippen LogP contribution in [0.3, 0.4) is 0 Å². The molecule has 0 aliphatic heterocycles. The van der Waals surface area contributed by atoms with Crippen LogP contribution >= 0.6 is 11.6 Å². The molecule has 1 aliphatic rings. The van der Waals surface area contributed by atoms with Crippen LogP contribution in [0.4, 0.5) is 0 Å². The zero-order chi connectivity index (χ0) is 13.3. The van der Waals surface area contributed by atoms with Gasteiger partial charge in [0.1, 0.15) is 5.75 Å². The van der Waals surface area contributed by atoms with E-state index in [1.54, 1.807) is 0 Å². The maximum Gasteiger partial charge on any atom is 0.119 e. The predicted molar refractivity (Wildman–Crippen MR) is 81.0 cm³/mol. The van der Waals surface area contributed by atoms with Crippen molar-refractivity contribution in [1.29, 1.82) is 0 Å². The maximum absolute atomic E-state index is 6.03. The second-order valence-electron chi connectivity index (χ2n) is 5.27. The summed E-state index contributed by atoms with van der Waals surface area (Å²) in [4.78, 5) is 0. The highest BCUT2D eigenvalue weighted by Gasteiger charge is 2.23. The molecule has 0 radical (unpaired) electrons. The number of hydrogen-bond acceptors (Lipinski definition) is 2. The normalized spacial score (nSPS) is 23.2. The average Bonchev–Trinajstić information content (AvgIpc) is 2.48. The summed E-state index contributed by atoms with van der Waals surface area (Å²) >= 11 is 6.03. The van der Waals surface area contributed by atoms with Crippen LogP contribution in [0.15, 0.2) is 30.3 Å². The van der Waals surface area contributed by atoms with Gasteiger partial charge >= 0.3 is 0 Å². The Balaban J connectivity index is 1.58. The van der Waals surface area contributed by atoms with Gasteiger partial charge in [-0.15, -0.1) is 11.6 Å². The molecule has 2 unspecified atom stereocenters. The van der Waals surface area contributed by atoms with Crippen LogP contribution in [0, 0.1) is 5.92 Å². The highest BCUT2D eigenvalue weighted by atomic mass is 35.5. The van der Waals surface area contributed by atoms with Gasteiger partial charge in [-0.3, -0.25) is 0 Å². The zero-order valence-corrected chi connectivity index (χ0v) is 12.2. The number of benzene rings is 1. The fourth-order valence-corrected chi connectivity index (χ4v) is 3.10. The first-order valence-electron chi connectivity index (χ1n) is 7.37. The Morgan fingerprint density at radius 1 is 1.16 bits per heavy atom. The topological polar surface area (TPSA) is 21.3 Å². The lowest BCUT2D eigenvalue weighted by Gasteiger charge is -2.31. The van der Waals surface area contributed by atoms with E-state index < -0.39 is 0 Å². The van der Waals surface area contributed by atoms with Gasteiger partial charge in [-0.05, 0) is 43.9 Å². The van der Waals surface area contributed by atoms with E-state index in [2.05, 4.69) is 5.32 Å².